The van der Waals surface area contributed by atoms with Crippen LogP contribution in [-0.2, 0) is 10.0 Å². The molecule has 4 rings (SSSR count). The van der Waals surface area contributed by atoms with E-state index in [1.807, 2.05) is 0 Å². The Morgan fingerprint density at radius 1 is 1.33 bits per heavy atom. The first-order valence-corrected chi connectivity index (χ1v) is 8.65. The zero-order valence-corrected chi connectivity index (χ0v) is 12.8. The van der Waals surface area contributed by atoms with Crippen molar-refractivity contribution in [2.75, 3.05) is 25.4 Å². The fourth-order valence-electron chi connectivity index (χ4n) is 3.31. The summed E-state index contributed by atoms with van der Waals surface area (Å²) in [5, 5.41) is 0. The highest BCUT2D eigenvalue weighted by atomic mass is 32.2. The number of nitrogens with two attached hydrogens (primary N) is 1. The molecule has 0 aromatic heterocycles. The normalized spacial score (nSPS) is 28.8. The Bertz CT molecular complexity index is 654. The number of nitrogens with one attached hydrogen (secondary N) is 1. The number of piperidine rings is 3. The van der Waals surface area contributed by atoms with Crippen molar-refractivity contribution in [2.45, 2.75) is 30.7 Å². The Labute approximate surface area is 124 Å². The predicted octanol–water partition coefficient (Wildman–Crippen LogP) is 1.09. The molecular weight excluding hydrogens is 293 g/mol. The van der Waals surface area contributed by atoms with E-state index in [0.29, 0.717) is 5.92 Å². The van der Waals surface area contributed by atoms with Gasteiger partial charge in [-0.15, -0.1) is 0 Å². The van der Waals surface area contributed by atoms with Gasteiger partial charge in [-0.05, 0) is 50.9 Å². The maximum absolute atomic E-state index is 13.7. The first-order valence-electron chi connectivity index (χ1n) is 7.17. The van der Waals surface area contributed by atoms with E-state index in [4.69, 9.17) is 5.73 Å². The Morgan fingerprint density at radius 2 is 2.00 bits per heavy atom. The summed E-state index contributed by atoms with van der Waals surface area (Å²) >= 11 is 0. The van der Waals surface area contributed by atoms with E-state index in [-0.39, 0.29) is 22.2 Å². The van der Waals surface area contributed by atoms with Crippen molar-refractivity contribution in [3.63, 3.8) is 0 Å². The van der Waals surface area contributed by atoms with E-state index in [9.17, 15) is 12.8 Å². The van der Waals surface area contributed by atoms with Crippen LogP contribution < -0.4 is 10.5 Å². The number of halogens is 1. The van der Waals surface area contributed by atoms with Crippen molar-refractivity contribution < 1.29 is 12.8 Å². The van der Waals surface area contributed by atoms with Gasteiger partial charge in [0.05, 0.1) is 4.90 Å². The molecule has 7 heteroatoms. The van der Waals surface area contributed by atoms with Gasteiger partial charge in [0.25, 0.3) is 0 Å². The molecule has 3 saturated heterocycles. The maximum Gasteiger partial charge on any atom is 0.241 e. The predicted molar refractivity (Wildman–Crippen MR) is 78.8 cm³/mol. The molecular formula is C14H20FN3O2S. The summed E-state index contributed by atoms with van der Waals surface area (Å²) < 4.78 is 41.6. The second-order valence-corrected chi connectivity index (χ2v) is 7.67. The molecule has 5 nitrogen and oxygen atoms in total. The lowest BCUT2D eigenvalue weighted by Gasteiger charge is -2.44. The number of nitrogens with zero attached hydrogens (tertiary/aromatic N) is 1. The van der Waals surface area contributed by atoms with Gasteiger partial charge in [0.15, 0.2) is 0 Å². The van der Waals surface area contributed by atoms with Crippen LogP contribution in [0.5, 0.6) is 0 Å². The number of hydrogen-bond acceptors (Lipinski definition) is 4. The molecule has 0 amide bonds. The quantitative estimate of drug-likeness (QED) is 0.819. The minimum atomic E-state index is -3.75. The molecule has 1 unspecified atom stereocenters. The van der Waals surface area contributed by atoms with Gasteiger partial charge >= 0.3 is 0 Å². The summed E-state index contributed by atoms with van der Waals surface area (Å²) in [5.74, 6) is -0.222. The van der Waals surface area contributed by atoms with Gasteiger partial charge in [-0.25, -0.2) is 17.5 Å². The standard InChI is InChI=1S/C14H20FN3O2S/c1-9-12(15)6-11(16)7-14(9)21(19,20)17-13-8-18-4-2-10(13)3-5-18/h6-7,10,13,17H,2-5,8,16H2,1H3. The third kappa shape index (κ3) is 2.77. The van der Waals surface area contributed by atoms with Gasteiger partial charge in [0, 0.05) is 23.8 Å². The SMILES string of the molecule is Cc1c(F)cc(N)cc1S(=O)(=O)NC1CN2CCC1CC2. The van der Waals surface area contributed by atoms with Crippen molar-refractivity contribution in [3.05, 3.63) is 23.5 Å². The zero-order chi connectivity index (χ0) is 15.2. The van der Waals surface area contributed by atoms with E-state index in [1.165, 1.54) is 13.0 Å². The zero-order valence-electron chi connectivity index (χ0n) is 12.0. The van der Waals surface area contributed by atoms with Gasteiger partial charge in [-0.3, -0.25) is 0 Å². The number of anilines is 1. The van der Waals surface area contributed by atoms with E-state index in [2.05, 4.69) is 9.62 Å². The van der Waals surface area contributed by atoms with Crippen LogP contribution in [0.3, 0.4) is 0 Å². The van der Waals surface area contributed by atoms with E-state index in [0.717, 1.165) is 38.5 Å². The second-order valence-electron chi connectivity index (χ2n) is 5.99. The summed E-state index contributed by atoms with van der Waals surface area (Å²) in [4.78, 5) is 2.21. The number of fused-ring (bicyclic) bond motifs is 3. The molecule has 3 fully saturated rings. The van der Waals surface area contributed by atoms with Gasteiger partial charge < -0.3 is 10.6 Å². The van der Waals surface area contributed by atoms with Gasteiger partial charge in [-0.2, -0.15) is 0 Å². The topological polar surface area (TPSA) is 75.4 Å². The van der Waals surface area contributed by atoms with E-state index in [1.54, 1.807) is 0 Å². The van der Waals surface area contributed by atoms with E-state index < -0.39 is 15.8 Å². The van der Waals surface area contributed by atoms with Crippen molar-refractivity contribution in [1.29, 1.82) is 0 Å². The molecule has 3 N–H and O–H groups in total. The van der Waals surface area contributed by atoms with Crippen molar-refractivity contribution in [2.24, 2.45) is 5.92 Å². The van der Waals surface area contributed by atoms with Crippen molar-refractivity contribution in [3.8, 4) is 0 Å². The molecule has 1 aromatic carbocycles. The van der Waals surface area contributed by atoms with Crippen LogP contribution in [-0.4, -0.2) is 39.0 Å². The van der Waals surface area contributed by atoms with Gasteiger partial charge in [0.1, 0.15) is 5.82 Å². The Morgan fingerprint density at radius 3 is 2.57 bits per heavy atom. The highest BCUT2D eigenvalue weighted by Gasteiger charge is 2.37. The molecule has 2 bridgehead atoms. The van der Waals surface area contributed by atoms with E-state index >= 15 is 0 Å². The Kier molecular flexibility index (Phi) is 3.67. The number of benzene rings is 1. The molecule has 21 heavy (non-hydrogen) atoms. The number of hydrogen-bond donors (Lipinski definition) is 2. The molecule has 0 spiro atoms. The van der Waals surface area contributed by atoms with Crippen LogP contribution in [0.4, 0.5) is 10.1 Å². The van der Waals surface area contributed by atoms with Crippen LogP contribution in [0, 0.1) is 18.7 Å². The summed E-state index contributed by atoms with van der Waals surface area (Å²) in [6.07, 6.45) is 2.02. The molecule has 1 atom stereocenters. The molecule has 116 valence electrons. The lowest BCUT2D eigenvalue weighted by Crippen LogP contribution is -2.57. The molecule has 0 aliphatic carbocycles. The average Bonchev–Trinajstić information content (AvgIpc) is 2.43. The Balaban J connectivity index is 1.88. The smallest absolute Gasteiger partial charge is 0.241 e. The number of sulfonamides is 1. The first-order chi connectivity index (χ1) is 9.87. The molecule has 3 heterocycles. The van der Waals surface area contributed by atoms with Crippen molar-refractivity contribution in [1.82, 2.24) is 9.62 Å². The maximum atomic E-state index is 13.7. The summed E-state index contributed by atoms with van der Waals surface area (Å²) in [5.41, 5.74) is 5.81. The fraction of sp³-hybridized carbons (Fsp3) is 0.571. The number of nitrogen functional groups attached to an aromatic ring is 1. The molecule has 3 aliphatic rings. The van der Waals surface area contributed by atoms with Crippen LogP contribution >= 0.6 is 0 Å². The van der Waals surface area contributed by atoms with Crippen LogP contribution in [0.1, 0.15) is 18.4 Å². The highest BCUT2D eigenvalue weighted by molar-refractivity contribution is 7.89. The van der Waals surface area contributed by atoms with Gasteiger partial charge in [0.2, 0.25) is 10.0 Å². The summed E-state index contributed by atoms with van der Waals surface area (Å²) in [7, 11) is -3.75. The van der Waals surface area contributed by atoms with Crippen LogP contribution in [0.2, 0.25) is 0 Å². The highest BCUT2D eigenvalue weighted by Crippen LogP contribution is 2.29. The molecule has 0 radical (unpaired) electrons. The lowest BCUT2D eigenvalue weighted by molar-refractivity contribution is 0.0827. The number of rotatable bonds is 3. The molecule has 1 aromatic rings. The first kappa shape index (κ1) is 14.7. The third-order valence-electron chi connectivity index (χ3n) is 4.57. The minimum absolute atomic E-state index is 0.0588. The summed E-state index contributed by atoms with van der Waals surface area (Å²) in [6, 6.07) is 2.37. The second kappa shape index (κ2) is 5.23. The fourth-order valence-corrected chi connectivity index (χ4v) is 4.90. The van der Waals surface area contributed by atoms with Crippen LogP contribution in [0.15, 0.2) is 17.0 Å². The van der Waals surface area contributed by atoms with Crippen LogP contribution in [0.25, 0.3) is 0 Å². The molecule has 3 aliphatic heterocycles. The molecule has 0 saturated carbocycles. The van der Waals surface area contributed by atoms with Gasteiger partial charge in [-0.1, -0.05) is 0 Å². The average molecular weight is 313 g/mol. The van der Waals surface area contributed by atoms with Crippen molar-refractivity contribution >= 4 is 15.7 Å². The third-order valence-corrected chi connectivity index (χ3v) is 6.19. The Hall–Kier alpha value is -1.18. The monoisotopic (exact) mass is 313 g/mol. The lowest BCUT2D eigenvalue weighted by atomic mass is 9.85. The largest absolute Gasteiger partial charge is 0.399 e. The summed E-state index contributed by atoms with van der Waals surface area (Å²) in [6.45, 7) is 4.26. The minimum Gasteiger partial charge on any atom is -0.399 e.